The third-order valence-corrected chi connectivity index (χ3v) is 3.56. The molecule has 2 atom stereocenters. The van der Waals surface area contributed by atoms with E-state index in [4.69, 9.17) is 4.74 Å². The Labute approximate surface area is 131 Å². The quantitative estimate of drug-likeness (QED) is 0.636. The molecular formula is C16H26N3O3+. The van der Waals surface area contributed by atoms with Gasteiger partial charge in [0.25, 0.3) is 11.8 Å². The van der Waals surface area contributed by atoms with E-state index in [2.05, 4.69) is 10.6 Å². The lowest BCUT2D eigenvalue weighted by molar-refractivity contribution is -0.904. The Morgan fingerprint density at radius 1 is 1.32 bits per heavy atom. The second-order valence-corrected chi connectivity index (χ2v) is 5.08. The van der Waals surface area contributed by atoms with Crippen LogP contribution in [0.2, 0.25) is 0 Å². The molecule has 122 valence electrons. The van der Waals surface area contributed by atoms with Crippen molar-refractivity contribution < 1.29 is 19.2 Å². The van der Waals surface area contributed by atoms with E-state index in [0.29, 0.717) is 24.5 Å². The zero-order valence-electron chi connectivity index (χ0n) is 13.7. The molecule has 2 amide bonds. The summed E-state index contributed by atoms with van der Waals surface area (Å²) in [6.45, 7) is 7.25. The Hall–Kier alpha value is -2.08. The van der Waals surface area contributed by atoms with Gasteiger partial charge >= 0.3 is 0 Å². The fourth-order valence-corrected chi connectivity index (χ4v) is 2.19. The minimum absolute atomic E-state index is 0.0413. The van der Waals surface area contributed by atoms with Gasteiger partial charge in [0.15, 0.2) is 12.6 Å². The molecule has 6 nitrogen and oxygen atoms in total. The van der Waals surface area contributed by atoms with Gasteiger partial charge in [0.05, 0.1) is 13.7 Å². The van der Waals surface area contributed by atoms with Crippen molar-refractivity contribution in [1.29, 1.82) is 0 Å². The number of rotatable bonds is 8. The third-order valence-electron chi connectivity index (χ3n) is 3.56. The number of likely N-dealkylation sites (N-methyl/N-ethyl adjacent to an activating group) is 2. The molecule has 1 aromatic rings. The van der Waals surface area contributed by atoms with Gasteiger partial charge in [0.2, 0.25) is 0 Å². The molecule has 0 heterocycles. The van der Waals surface area contributed by atoms with E-state index >= 15 is 0 Å². The minimum atomic E-state index is -0.321. The first-order valence-electron chi connectivity index (χ1n) is 7.58. The summed E-state index contributed by atoms with van der Waals surface area (Å²) in [5.41, 5.74) is 0.685. The number of benzene rings is 1. The lowest BCUT2D eigenvalue weighted by atomic mass is 10.2. The molecule has 0 aromatic heterocycles. The molecular weight excluding hydrogens is 282 g/mol. The fraction of sp³-hybridized carbons (Fsp3) is 0.500. The largest absolute Gasteiger partial charge is 0.497 e. The van der Waals surface area contributed by atoms with Crippen molar-refractivity contribution in [3.05, 3.63) is 24.3 Å². The predicted molar refractivity (Wildman–Crippen MR) is 86.1 cm³/mol. The number of anilines is 1. The van der Waals surface area contributed by atoms with Gasteiger partial charge in [-0.2, -0.15) is 0 Å². The van der Waals surface area contributed by atoms with E-state index in [1.807, 2.05) is 39.0 Å². The van der Waals surface area contributed by atoms with Crippen LogP contribution in [0.15, 0.2) is 24.3 Å². The Morgan fingerprint density at radius 2 is 2.05 bits per heavy atom. The lowest BCUT2D eigenvalue weighted by Gasteiger charge is -2.23. The second-order valence-electron chi connectivity index (χ2n) is 5.08. The zero-order valence-corrected chi connectivity index (χ0v) is 13.7. The number of hydrogen-bond donors (Lipinski definition) is 3. The Kier molecular flexibility index (Phi) is 7.39. The molecule has 1 rings (SSSR count). The topological polar surface area (TPSA) is 71.9 Å². The minimum Gasteiger partial charge on any atom is -0.497 e. The number of methoxy groups -OCH3 is 1. The molecule has 0 saturated carbocycles. The number of quaternary nitrogens is 1. The van der Waals surface area contributed by atoms with Crippen LogP contribution in [-0.2, 0) is 9.59 Å². The van der Waals surface area contributed by atoms with Crippen LogP contribution in [0.3, 0.4) is 0 Å². The second kappa shape index (κ2) is 9.04. The van der Waals surface area contributed by atoms with Crippen molar-refractivity contribution in [2.45, 2.75) is 26.8 Å². The maximum atomic E-state index is 12.3. The third kappa shape index (κ3) is 5.37. The first kappa shape index (κ1) is 18.0. The number of ether oxygens (including phenoxy) is 1. The number of carbonyl (C=O) groups excluding carboxylic acids is 2. The molecule has 22 heavy (non-hydrogen) atoms. The molecule has 0 fully saturated rings. The van der Waals surface area contributed by atoms with Gasteiger partial charge in [-0.05, 0) is 32.9 Å². The summed E-state index contributed by atoms with van der Waals surface area (Å²) in [5.74, 6) is 0.530. The summed E-state index contributed by atoms with van der Waals surface area (Å²) in [6, 6.07) is 6.89. The van der Waals surface area contributed by atoms with Gasteiger partial charge in [0.1, 0.15) is 5.75 Å². The SMILES string of the molecule is CCNC(=O)C[NH+](CC)[C@H](C)C(=O)Nc1cccc(OC)c1. The summed E-state index contributed by atoms with van der Waals surface area (Å²) in [7, 11) is 1.58. The van der Waals surface area contributed by atoms with Gasteiger partial charge in [-0.15, -0.1) is 0 Å². The maximum absolute atomic E-state index is 12.3. The molecule has 0 aliphatic carbocycles. The van der Waals surface area contributed by atoms with Crippen LogP contribution < -0.4 is 20.3 Å². The molecule has 1 aromatic carbocycles. The highest BCUT2D eigenvalue weighted by molar-refractivity contribution is 5.93. The van der Waals surface area contributed by atoms with Crippen molar-refractivity contribution in [2.24, 2.45) is 0 Å². The molecule has 0 spiro atoms. The first-order chi connectivity index (χ1) is 10.5. The monoisotopic (exact) mass is 308 g/mol. The van der Waals surface area contributed by atoms with Crippen molar-refractivity contribution in [1.82, 2.24) is 5.32 Å². The van der Waals surface area contributed by atoms with E-state index in [9.17, 15) is 9.59 Å². The van der Waals surface area contributed by atoms with E-state index in [0.717, 1.165) is 4.90 Å². The highest BCUT2D eigenvalue weighted by atomic mass is 16.5. The van der Waals surface area contributed by atoms with Gasteiger partial charge in [-0.3, -0.25) is 9.59 Å². The summed E-state index contributed by atoms with van der Waals surface area (Å²) >= 11 is 0. The van der Waals surface area contributed by atoms with E-state index in [1.165, 1.54) is 0 Å². The van der Waals surface area contributed by atoms with Gasteiger partial charge in [0, 0.05) is 18.3 Å². The standard InChI is InChI=1S/C16H25N3O3/c1-5-17-15(20)11-19(6-2)12(3)16(21)18-13-8-7-9-14(10-13)22-4/h7-10,12H,5-6,11H2,1-4H3,(H,17,20)(H,18,21)/p+1/t12-/m1/s1. The van der Waals surface area contributed by atoms with Crippen molar-refractivity contribution in [2.75, 3.05) is 32.1 Å². The molecule has 0 saturated heterocycles. The normalized spacial score (nSPS) is 13.1. The number of nitrogens with one attached hydrogen (secondary N) is 3. The number of hydrogen-bond acceptors (Lipinski definition) is 3. The number of carbonyl (C=O) groups is 2. The van der Waals surface area contributed by atoms with Crippen LogP contribution in [0.25, 0.3) is 0 Å². The maximum Gasteiger partial charge on any atom is 0.282 e. The van der Waals surface area contributed by atoms with Crippen LogP contribution >= 0.6 is 0 Å². The average molecular weight is 308 g/mol. The van der Waals surface area contributed by atoms with Crippen LogP contribution in [-0.4, -0.2) is 44.6 Å². The number of amides is 2. The molecule has 0 bridgehead atoms. The zero-order chi connectivity index (χ0) is 16.5. The summed E-state index contributed by atoms with van der Waals surface area (Å²) in [5, 5.41) is 5.63. The van der Waals surface area contributed by atoms with Gasteiger partial charge in [-0.1, -0.05) is 6.07 Å². The van der Waals surface area contributed by atoms with Gasteiger partial charge < -0.3 is 20.3 Å². The van der Waals surface area contributed by atoms with Crippen molar-refractivity contribution >= 4 is 17.5 Å². The van der Waals surface area contributed by atoms with Crippen molar-refractivity contribution in [3.8, 4) is 5.75 Å². The van der Waals surface area contributed by atoms with Crippen LogP contribution in [0, 0.1) is 0 Å². The molecule has 0 aliphatic heterocycles. The fourth-order valence-electron chi connectivity index (χ4n) is 2.19. The Balaban J connectivity index is 2.67. The average Bonchev–Trinajstić information content (AvgIpc) is 2.52. The lowest BCUT2D eigenvalue weighted by Crippen LogP contribution is -3.17. The predicted octanol–water partition coefficient (Wildman–Crippen LogP) is 0.0631. The first-order valence-corrected chi connectivity index (χ1v) is 7.58. The van der Waals surface area contributed by atoms with E-state index in [-0.39, 0.29) is 24.4 Å². The Morgan fingerprint density at radius 3 is 2.64 bits per heavy atom. The summed E-state index contributed by atoms with van der Waals surface area (Å²) in [4.78, 5) is 25.0. The van der Waals surface area contributed by atoms with E-state index < -0.39 is 0 Å². The molecule has 0 aliphatic rings. The molecule has 1 unspecified atom stereocenters. The molecule has 3 N–H and O–H groups in total. The van der Waals surface area contributed by atoms with Crippen LogP contribution in [0.5, 0.6) is 5.75 Å². The summed E-state index contributed by atoms with van der Waals surface area (Å²) in [6.07, 6.45) is 0. The van der Waals surface area contributed by atoms with Crippen LogP contribution in [0.1, 0.15) is 20.8 Å². The van der Waals surface area contributed by atoms with Crippen LogP contribution in [0.4, 0.5) is 5.69 Å². The van der Waals surface area contributed by atoms with Gasteiger partial charge in [-0.25, -0.2) is 0 Å². The summed E-state index contributed by atoms with van der Waals surface area (Å²) < 4.78 is 5.14. The van der Waals surface area contributed by atoms with Crippen molar-refractivity contribution in [3.63, 3.8) is 0 Å². The van der Waals surface area contributed by atoms with E-state index in [1.54, 1.807) is 13.2 Å². The molecule has 0 radical (unpaired) electrons. The Bertz CT molecular complexity index is 505. The smallest absolute Gasteiger partial charge is 0.282 e. The molecule has 6 heteroatoms. The highest BCUT2D eigenvalue weighted by Gasteiger charge is 2.25. The highest BCUT2D eigenvalue weighted by Crippen LogP contribution is 2.16.